The third kappa shape index (κ3) is 3.99. The van der Waals surface area contributed by atoms with Gasteiger partial charge in [0.25, 0.3) is 0 Å². The van der Waals surface area contributed by atoms with Gasteiger partial charge in [-0.1, -0.05) is 5.92 Å². The second-order valence-corrected chi connectivity index (χ2v) is 4.57. The Hall–Kier alpha value is -2.48. The van der Waals surface area contributed by atoms with Crippen molar-refractivity contribution >= 4 is 16.9 Å². The number of fused-ring (bicyclic) bond motifs is 1. The van der Waals surface area contributed by atoms with Gasteiger partial charge in [0.05, 0.1) is 6.54 Å². The predicted octanol–water partition coefficient (Wildman–Crippen LogP) is 2.04. The molecule has 110 valence electrons. The van der Waals surface area contributed by atoms with Crippen LogP contribution in [-0.2, 0) is 6.42 Å². The minimum atomic E-state index is -0.234. The number of hydrogen-bond donors (Lipinski definition) is 3. The molecule has 0 aliphatic heterocycles. The number of rotatable bonds is 5. The van der Waals surface area contributed by atoms with Crippen molar-refractivity contribution in [2.75, 3.05) is 19.6 Å². The molecule has 2 aromatic rings. The number of guanidine groups is 1. The summed E-state index contributed by atoms with van der Waals surface area (Å²) in [4.78, 5) is 7.54. The van der Waals surface area contributed by atoms with Crippen molar-refractivity contribution < 1.29 is 4.39 Å². The number of nitrogens with zero attached hydrogens (tertiary/aromatic N) is 1. The van der Waals surface area contributed by atoms with Crippen LogP contribution in [0.3, 0.4) is 0 Å². The number of aromatic amines is 1. The Labute approximate surface area is 123 Å². The van der Waals surface area contributed by atoms with Crippen molar-refractivity contribution in [1.82, 2.24) is 15.6 Å². The monoisotopic (exact) mass is 286 g/mol. The van der Waals surface area contributed by atoms with E-state index in [0.29, 0.717) is 19.0 Å². The Kier molecular flexibility index (Phi) is 5.22. The minimum Gasteiger partial charge on any atom is -0.361 e. The first kappa shape index (κ1) is 14.9. The van der Waals surface area contributed by atoms with Crippen LogP contribution >= 0.6 is 0 Å². The molecule has 0 amide bonds. The van der Waals surface area contributed by atoms with Gasteiger partial charge in [-0.25, -0.2) is 4.39 Å². The van der Waals surface area contributed by atoms with Gasteiger partial charge in [0.2, 0.25) is 0 Å². The summed E-state index contributed by atoms with van der Waals surface area (Å²) >= 11 is 0. The maximum absolute atomic E-state index is 13.1. The standard InChI is InChI=1S/C16H19FN4/c1-3-8-19-16(18-4-2)20-9-7-12-11-21-15-10-13(17)5-6-14(12)15/h1,5-6,10-11,21H,4,7-9H2,2H3,(H2,18,19,20). The Balaban J connectivity index is 2.02. The fraction of sp³-hybridized carbons (Fsp3) is 0.312. The van der Waals surface area contributed by atoms with Crippen LogP contribution in [0.2, 0.25) is 0 Å². The van der Waals surface area contributed by atoms with Crippen LogP contribution in [0.15, 0.2) is 29.4 Å². The van der Waals surface area contributed by atoms with E-state index in [1.807, 2.05) is 13.1 Å². The molecule has 0 aliphatic carbocycles. The largest absolute Gasteiger partial charge is 0.361 e. The smallest absolute Gasteiger partial charge is 0.192 e. The van der Waals surface area contributed by atoms with Gasteiger partial charge in [-0.2, -0.15) is 0 Å². The number of aromatic nitrogens is 1. The summed E-state index contributed by atoms with van der Waals surface area (Å²) in [6.07, 6.45) is 7.90. The zero-order valence-corrected chi connectivity index (χ0v) is 12.0. The maximum atomic E-state index is 13.1. The van der Waals surface area contributed by atoms with Gasteiger partial charge in [-0.15, -0.1) is 6.42 Å². The second-order valence-electron chi connectivity index (χ2n) is 4.57. The molecule has 0 unspecified atom stereocenters. The van der Waals surface area contributed by atoms with Gasteiger partial charge >= 0.3 is 0 Å². The number of benzene rings is 1. The molecule has 0 fully saturated rings. The average molecular weight is 286 g/mol. The molecule has 21 heavy (non-hydrogen) atoms. The summed E-state index contributed by atoms with van der Waals surface area (Å²) in [7, 11) is 0. The summed E-state index contributed by atoms with van der Waals surface area (Å²) < 4.78 is 13.1. The van der Waals surface area contributed by atoms with Gasteiger partial charge in [-0.05, 0) is 37.1 Å². The predicted molar refractivity (Wildman–Crippen MR) is 84.8 cm³/mol. The van der Waals surface area contributed by atoms with Gasteiger partial charge < -0.3 is 15.6 Å². The molecule has 1 heterocycles. The second kappa shape index (κ2) is 7.34. The molecule has 0 saturated carbocycles. The number of nitrogens with one attached hydrogen (secondary N) is 3. The highest BCUT2D eigenvalue weighted by atomic mass is 19.1. The molecule has 1 aromatic heterocycles. The first-order valence-electron chi connectivity index (χ1n) is 6.95. The third-order valence-corrected chi connectivity index (χ3v) is 3.08. The maximum Gasteiger partial charge on any atom is 0.192 e. The van der Waals surface area contributed by atoms with Crippen molar-refractivity contribution in [1.29, 1.82) is 0 Å². The van der Waals surface area contributed by atoms with Crippen LogP contribution in [0.25, 0.3) is 10.9 Å². The van der Waals surface area contributed by atoms with Crippen LogP contribution in [0.1, 0.15) is 12.5 Å². The lowest BCUT2D eigenvalue weighted by molar-refractivity contribution is 0.629. The summed E-state index contributed by atoms with van der Waals surface area (Å²) in [5, 5.41) is 7.20. The topological polar surface area (TPSA) is 52.2 Å². The molecular formula is C16H19FN4. The van der Waals surface area contributed by atoms with E-state index in [1.54, 1.807) is 6.07 Å². The molecule has 0 radical (unpaired) electrons. The number of hydrogen-bond acceptors (Lipinski definition) is 1. The summed E-state index contributed by atoms with van der Waals surface area (Å²) in [6.45, 7) is 3.85. The van der Waals surface area contributed by atoms with Crippen LogP contribution in [-0.4, -0.2) is 30.6 Å². The molecule has 2 rings (SSSR count). The van der Waals surface area contributed by atoms with Crippen LogP contribution in [0.5, 0.6) is 0 Å². The highest BCUT2D eigenvalue weighted by molar-refractivity contribution is 5.83. The summed E-state index contributed by atoms with van der Waals surface area (Å²) in [5.41, 5.74) is 1.94. The Morgan fingerprint density at radius 3 is 3.05 bits per heavy atom. The zero-order valence-electron chi connectivity index (χ0n) is 12.0. The van der Waals surface area contributed by atoms with Crippen molar-refractivity contribution in [3.05, 3.63) is 35.8 Å². The van der Waals surface area contributed by atoms with Gasteiger partial charge in [0.15, 0.2) is 5.96 Å². The van der Waals surface area contributed by atoms with E-state index in [0.717, 1.165) is 29.4 Å². The van der Waals surface area contributed by atoms with E-state index >= 15 is 0 Å². The molecule has 0 spiro atoms. The SMILES string of the molecule is C#CCNC(=NCCc1c[nH]c2cc(F)ccc12)NCC. The highest BCUT2D eigenvalue weighted by Crippen LogP contribution is 2.19. The molecule has 5 heteroatoms. The van der Waals surface area contributed by atoms with Crippen molar-refractivity contribution in [2.45, 2.75) is 13.3 Å². The van der Waals surface area contributed by atoms with E-state index in [1.165, 1.54) is 12.1 Å². The number of H-pyrrole nitrogens is 1. The van der Waals surface area contributed by atoms with Crippen molar-refractivity contribution in [3.63, 3.8) is 0 Å². The lowest BCUT2D eigenvalue weighted by atomic mass is 10.1. The van der Waals surface area contributed by atoms with E-state index in [-0.39, 0.29) is 5.82 Å². The van der Waals surface area contributed by atoms with Gasteiger partial charge in [-0.3, -0.25) is 4.99 Å². The van der Waals surface area contributed by atoms with E-state index in [9.17, 15) is 4.39 Å². The quantitative estimate of drug-likeness (QED) is 0.447. The lowest BCUT2D eigenvalue weighted by Crippen LogP contribution is -2.37. The van der Waals surface area contributed by atoms with Crippen LogP contribution in [0.4, 0.5) is 4.39 Å². The fourth-order valence-corrected chi connectivity index (χ4v) is 2.13. The van der Waals surface area contributed by atoms with Crippen molar-refractivity contribution in [3.8, 4) is 12.3 Å². The van der Waals surface area contributed by atoms with Crippen LogP contribution < -0.4 is 10.6 Å². The number of terminal acetylenes is 1. The number of halogens is 1. The summed E-state index contributed by atoms with van der Waals surface area (Å²) in [6, 6.07) is 4.77. The lowest BCUT2D eigenvalue weighted by Gasteiger charge is -2.08. The third-order valence-electron chi connectivity index (χ3n) is 3.08. The Morgan fingerprint density at radius 1 is 1.43 bits per heavy atom. The summed E-state index contributed by atoms with van der Waals surface area (Å²) in [5.74, 6) is 2.99. The molecule has 0 saturated heterocycles. The molecule has 3 N–H and O–H groups in total. The van der Waals surface area contributed by atoms with Crippen LogP contribution in [0, 0.1) is 18.2 Å². The highest BCUT2D eigenvalue weighted by Gasteiger charge is 2.04. The van der Waals surface area contributed by atoms with E-state index in [2.05, 4.69) is 26.5 Å². The first-order chi connectivity index (χ1) is 10.2. The molecular weight excluding hydrogens is 267 g/mol. The fourth-order valence-electron chi connectivity index (χ4n) is 2.13. The normalized spacial score (nSPS) is 11.4. The van der Waals surface area contributed by atoms with E-state index in [4.69, 9.17) is 6.42 Å². The molecule has 0 bridgehead atoms. The Morgan fingerprint density at radius 2 is 2.29 bits per heavy atom. The Bertz CT molecular complexity index is 666. The average Bonchev–Trinajstić information content (AvgIpc) is 2.87. The zero-order chi connectivity index (χ0) is 15.1. The van der Waals surface area contributed by atoms with Gasteiger partial charge in [0.1, 0.15) is 5.82 Å². The minimum absolute atomic E-state index is 0.234. The molecule has 1 aromatic carbocycles. The molecule has 0 aliphatic rings. The number of aliphatic imine (C=N–C) groups is 1. The first-order valence-corrected chi connectivity index (χ1v) is 6.95. The molecule has 0 atom stereocenters. The van der Waals surface area contributed by atoms with Crippen molar-refractivity contribution in [2.24, 2.45) is 4.99 Å². The molecule has 4 nitrogen and oxygen atoms in total. The van der Waals surface area contributed by atoms with E-state index < -0.39 is 0 Å². The van der Waals surface area contributed by atoms with Gasteiger partial charge in [0, 0.05) is 30.2 Å².